The van der Waals surface area contributed by atoms with Gasteiger partial charge in [-0.1, -0.05) is 6.42 Å². The van der Waals surface area contributed by atoms with Crippen LogP contribution >= 0.6 is 0 Å². The second-order valence-electron chi connectivity index (χ2n) is 7.79. The van der Waals surface area contributed by atoms with E-state index < -0.39 is 22.1 Å². The molecule has 0 aromatic heterocycles. The maximum absolute atomic E-state index is 12.5. The van der Waals surface area contributed by atoms with Crippen LogP contribution < -0.4 is 4.72 Å². The molecule has 2 bridgehead atoms. The Bertz CT molecular complexity index is 860. The lowest BCUT2D eigenvalue weighted by Gasteiger charge is -2.36. The van der Waals surface area contributed by atoms with Crippen LogP contribution in [0.5, 0.6) is 0 Å². The van der Waals surface area contributed by atoms with Crippen LogP contribution in [0, 0.1) is 17.8 Å². The second-order valence-corrected chi connectivity index (χ2v) is 9.54. The van der Waals surface area contributed by atoms with Crippen molar-refractivity contribution in [3.05, 3.63) is 29.8 Å². The SMILES string of the molecule is C[C@H](OC(=O)C1C[C@H]2CCC[C@@H](C1)C2=O)C(=O)c1ccc(NS(C)(=O)=O)cc1. The summed E-state index contributed by atoms with van der Waals surface area (Å²) in [6.07, 6.45) is 3.83. The monoisotopic (exact) mass is 407 g/mol. The van der Waals surface area contributed by atoms with Gasteiger partial charge in [-0.3, -0.25) is 19.1 Å². The summed E-state index contributed by atoms with van der Waals surface area (Å²) in [5.74, 6) is -0.921. The van der Waals surface area contributed by atoms with Crippen molar-refractivity contribution >= 4 is 33.2 Å². The second kappa shape index (κ2) is 8.03. The van der Waals surface area contributed by atoms with Crippen LogP contribution in [-0.2, 0) is 24.3 Å². The molecule has 1 N–H and O–H groups in total. The normalized spacial score (nSPS) is 25.6. The van der Waals surface area contributed by atoms with Crippen molar-refractivity contribution in [1.82, 2.24) is 0 Å². The van der Waals surface area contributed by atoms with Gasteiger partial charge in [-0.15, -0.1) is 0 Å². The van der Waals surface area contributed by atoms with E-state index in [1.54, 1.807) is 0 Å². The van der Waals surface area contributed by atoms with Gasteiger partial charge in [-0.05, 0) is 56.9 Å². The molecule has 1 aromatic rings. The minimum atomic E-state index is -3.39. The molecule has 0 heterocycles. The number of hydrogen-bond donors (Lipinski definition) is 1. The van der Waals surface area contributed by atoms with E-state index in [2.05, 4.69) is 4.72 Å². The van der Waals surface area contributed by atoms with E-state index in [0.717, 1.165) is 25.5 Å². The zero-order valence-corrected chi connectivity index (χ0v) is 16.8. The largest absolute Gasteiger partial charge is 0.454 e. The van der Waals surface area contributed by atoms with E-state index in [0.29, 0.717) is 24.1 Å². The number of nitrogens with one attached hydrogen (secondary N) is 1. The molecule has 2 aliphatic carbocycles. The number of ketones is 2. The van der Waals surface area contributed by atoms with Crippen molar-refractivity contribution in [2.75, 3.05) is 11.0 Å². The zero-order valence-electron chi connectivity index (χ0n) is 16.0. The highest BCUT2D eigenvalue weighted by atomic mass is 32.2. The molecule has 8 heteroatoms. The number of hydrogen-bond acceptors (Lipinski definition) is 6. The molecule has 0 spiro atoms. The van der Waals surface area contributed by atoms with Gasteiger partial charge in [0.25, 0.3) is 0 Å². The molecule has 1 unspecified atom stereocenters. The Morgan fingerprint density at radius 3 is 2.21 bits per heavy atom. The lowest BCUT2D eigenvalue weighted by molar-refractivity contribution is -0.155. The van der Waals surface area contributed by atoms with Gasteiger partial charge in [0.2, 0.25) is 15.8 Å². The van der Waals surface area contributed by atoms with Crippen LogP contribution in [0.2, 0.25) is 0 Å². The first-order valence-electron chi connectivity index (χ1n) is 9.50. The number of anilines is 1. The molecule has 4 atom stereocenters. The number of carbonyl (C=O) groups is 3. The highest BCUT2D eigenvalue weighted by Crippen LogP contribution is 2.40. The summed E-state index contributed by atoms with van der Waals surface area (Å²) in [7, 11) is -3.39. The Hall–Kier alpha value is -2.22. The molecule has 2 saturated carbocycles. The molecule has 7 nitrogen and oxygen atoms in total. The van der Waals surface area contributed by atoms with E-state index in [1.165, 1.54) is 31.2 Å². The van der Waals surface area contributed by atoms with Crippen molar-refractivity contribution < 1.29 is 27.5 Å². The number of fused-ring (bicyclic) bond motifs is 2. The standard InChI is InChI=1S/C20H25NO6S/c1-12(18(22)13-6-8-17(9-7-13)21-28(2,25)26)27-20(24)16-10-14-4-3-5-15(11-16)19(14)23/h6-9,12,14-16,21H,3-5,10-11H2,1-2H3/t12-,14-,15+,16?/m0/s1. The highest BCUT2D eigenvalue weighted by molar-refractivity contribution is 7.92. The Kier molecular flexibility index (Phi) is 5.88. The van der Waals surface area contributed by atoms with Gasteiger partial charge < -0.3 is 4.74 Å². The number of Topliss-reactive ketones (excluding diaryl/α,β-unsaturated/α-hetero) is 2. The van der Waals surface area contributed by atoms with Gasteiger partial charge in [-0.2, -0.15) is 0 Å². The molecule has 3 rings (SSSR count). The highest BCUT2D eigenvalue weighted by Gasteiger charge is 2.42. The fraction of sp³-hybridized carbons (Fsp3) is 0.550. The number of benzene rings is 1. The fourth-order valence-electron chi connectivity index (χ4n) is 4.15. The molecule has 0 amide bonds. The molecule has 152 valence electrons. The summed E-state index contributed by atoms with van der Waals surface area (Å²) in [6.45, 7) is 1.53. The predicted octanol–water partition coefficient (Wildman–Crippen LogP) is 2.57. The number of esters is 1. The predicted molar refractivity (Wildman–Crippen MR) is 103 cm³/mol. The maximum atomic E-state index is 12.5. The molecular formula is C20H25NO6S. The van der Waals surface area contributed by atoms with Crippen LogP contribution in [0.3, 0.4) is 0 Å². The van der Waals surface area contributed by atoms with E-state index in [1.807, 2.05) is 0 Å². The smallest absolute Gasteiger partial charge is 0.309 e. The third kappa shape index (κ3) is 4.79. The van der Waals surface area contributed by atoms with Crippen LogP contribution in [0.15, 0.2) is 24.3 Å². The van der Waals surface area contributed by atoms with Gasteiger partial charge in [0, 0.05) is 23.1 Å². The Labute approximate surface area is 164 Å². The molecule has 2 aliphatic rings. The minimum Gasteiger partial charge on any atom is -0.454 e. The molecule has 0 radical (unpaired) electrons. The summed E-state index contributed by atoms with van der Waals surface area (Å²) in [5.41, 5.74) is 0.678. The summed E-state index contributed by atoms with van der Waals surface area (Å²) in [4.78, 5) is 37.2. The van der Waals surface area contributed by atoms with E-state index in [4.69, 9.17) is 4.74 Å². The summed E-state index contributed by atoms with van der Waals surface area (Å²) in [6, 6.07) is 5.95. The number of ether oxygens (including phenoxy) is 1. The van der Waals surface area contributed by atoms with Gasteiger partial charge in [-0.25, -0.2) is 8.42 Å². The van der Waals surface area contributed by atoms with Crippen LogP contribution in [-0.4, -0.2) is 38.3 Å². The van der Waals surface area contributed by atoms with Gasteiger partial charge in [0.15, 0.2) is 6.10 Å². The average Bonchev–Trinajstić information content (AvgIpc) is 2.60. The topological polar surface area (TPSA) is 107 Å². The number of sulfonamides is 1. The van der Waals surface area contributed by atoms with Crippen LogP contribution in [0.4, 0.5) is 5.69 Å². The number of carbonyl (C=O) groups excluding carboxylic acids is 3. The summed E-state index contributed by atoms with van der Waals surface area (Å²) in [5, 5.41) is 0. The van der Waals surface area contributed by atoms with Crippen molar-refractivity contribution in [3.63, 3.8) is 0 Å². The first-order valence-corrected chi connectivity index (χ1v) is 11.4. The third-order valence-electron chi connectivity index (χ3n) is 5.52. The first-order chi connectivity index (χ1) is 13.1. The molecule has 0 aliphatic heterocycles. The molecule has 2 fully saturated rings. The van der Waals surface area contributed by atoms with Crippen LogP contribution in [0.25, 0.3) is 0 Å². The van der Waals surface area contributed by atoms with Gasteiger partial charge in [0.05, 0.1) is 12.2 Å². The van der Waals surface area contributed by atoms with Crippen molar-refractivity contribution in [2.45, 2.75) is 45.1 Å². The molecule has 0 saturated heterocycles. The maximum Gasteiger partial charge on any atom is 0.309 e. The van der Waals surface area contributed by atoms with Crippen LogP contribution in [0.1, 0.15) is 49.4 Å². The van der Waals surface area contributed by atoms with E-state index in [9.17, 15) is 22.8 Å². The summed E-state index contributed by atoms with van der Waals surface area (Å²) >= 11 is 0. The number of rotatable bonds is 6. The zero-order chi connectivity index (χ0) is 20.5. The van der Waals surface area contributed by atoms with Crippen molar-refractivity contribution in [2.24, 2.45) is 17.8 Å². The summed E-state index contributed by atoms with van der Waals surface area (Å²) < 4.78 is 30.2. The molecule has 1 aromatic carbocycles. The quantitative estimate of drug-likeness (QED) is 0.574. The Morgan fingerprint density at radius 1 is 1.11 bits per heavy atom. The van der Waals surface area contributed by atoms with Crippen molar-refractivity contribution in [1.29, 1.82) is 0 Å². The Balaban J connectivity index is 1.59. The molecular weight excluding hydrogens is 382 g/mol. The lowest BCUT2D eigenvalue weighted by atomic mass is 9.67. The minimum absolute atomic E-state index is 0.0500. The Morgan fingerprint density at radius 2 is 1.68 bits per heavy atom. The fourth-order valence-corrected chi connectivity index (χ4v) is 4.71. The average molecular weight is 407 g/mol. The van der Waals surface area contributed by atoms with E-state index in [-0.39, 0.29) is 29.3 Å². The van der Waals surface area contributed by atoms with Crippen molar-refractivity contribution in [3.8, 4) is 0 Å². The lowest BCUT2D eigenvalue weighted by Crippen LogP contribution is -2.40. The molecule has 28 heavy (non-hydrogen) atoms. The van der Waals surface area contributed by atoms with E-state index >= 15 is 0 Å². The first kappa shape index (κ1) is 20.5. The van der Waals surface area contributed by atoms with Gasteiger partial charge >= 0.3 is 5.97 Å². The third-order valence-corrected chi connectivity index (χ3v) is 6.12. The van der Waals surface area contributed by atoms with Gasteiger partial charge in [0.1, 0.15) is 5.78 Å².